The number of carbonyl (C=O) groups excluding carboxylic acids is 1. The maximum atomic E-state index is 11.8. The molecule has 0 unspecified atom stereocenters. The molecule has 0 aromatic heterocycles. The minimum atomic E-state index is -0.0271. The molecule has 0 atom stereocenters. The predicted molar refractivity (Wildman–Crippen MR) is 75.2 cm³/mol. The van der Waals surface area contributed by atoms with Gasteiger partial charge in [0.05, 0.1) is 10.7 Å². The van der Waals surface area contributed by atoms with E-state index in [1.807, 2.05) is 0 Å². The Hall–Kier alpha value is -0.380. The zero-order valence-electron chi connectivity index (χ0n) is 9.17. The molecule has 1 aromatic rings. The number of thiol groups is 1. The predicted octanol–water partition coefficient (Wildman–Crippen LogP) is 4.03. The lowest BCUT2D eigenvalue weighted by Crippen LogP contribution is -2.18. The van der Waals surface area contributed by atoms with Crippen molar-refractivity contribution in [2.45, 2.75) is 19.3 Å². The van der Waals surface area contributed by atoms with Gasteiger partial charge in [-0.05, 0) is 42.2 Å². The Morgan fingerprint density at radius 1 is 1.41 bits per heavy atom. The standard InChI is InChI=1S/C12H13Cl2NOS/c13-8-1-2-9(14)10(5-8)15-11(16)6-12(7-17)3-4-12/h1-2,5,17H,3-4,6-7H2,(H,15,16). The van der Waals surface area contributed by atoms with Crippen LogP contribution in [0.2, 0.25) is 10.0 Å². The fraction of sp³-hybridized carbons (Fsp3) is 0.417. The van der Waals surface area contributed by atoms with E-state index in [9.17, 15) is 4.79 Å². The lowest BCUT2D eigenvalue weighted by molar-refractivity contribution is -0.117. The van der Waals surface area contributed by atoms with Crippen molar-refractivity contribution >= 4 is 47.4 Å². The molecule has 1 aromatic carbocycles. The first-order chi connectivity index (χ1) is 8.04. The largest absolute Gasteiger partial charge is 0.325 e. The number of anilines is 1. The van der Waals surface area contributed by atoms with Crippen LogP contribution in [0.5, 0.6) is 0 Å². The van der Waals surface area contributed by atoms with E-state index in [1.165, 1.54) is 0 Å². The SMILES string of the molecule is O=C(CC1(CS)CC1)Nc1cc(Cl)ccc1Cl. The van der Waals surface area contributed by atoms with Gasteiger partial charge >= 0.3 is 0 Å². The second-order valence-electron chi connectivity index (χ2n) is 4.51. The van der Waals surface area contributed by atoms with Crippen molar-refractivity contribution in [2.24, 2.45) is 5.41 Å². The molecule has 5 heteroatoms. The molecule has 17 heavy (non-hydrogen) atoms. The van der Waals surface area contributed by atoms with Crippen molar-refractivity contribution in [1.82, 2.24) is 0 Å². The second kappa shape index (κ2) is 5.09. The van der Waals surface area contributed by atoms with Gasteiger partial charge in [0.25, 0.3) is 0 Å². The van der Waals surface area contributed by atoms with Gasteiger partial charge in [0.2, 0.25) is 5.91 Å². The molecule has 1 aliphatic carbocycles. The molecule has 0 saturated heterocycles. The van der Waals surface area contributed by atoms with Gasteiger partial charge < -0.3 is 5.32 Å². The quantitative estimate of drug-likeness (QED) is 0.805. The zero-order chi connectivity index (χ0) is 12.5. The lowest BCUT2D eigenvalue weighted by Gasteiger charge is -2.12. The fourth-order valence-corrected chi connectivity index (χ4v) is 2.46. The van der Waals surface area contributed by atoms with Crippen LogP contribution in [0.1, 0.15) is 19.3 Å². The summed E-state index contributed by atoms with van der Waals surface area (Å²) in [6.07, 6.45) is 2.65. The number of hydrogen-bond donors (Lipinski definition) is 2. The highest BCUT2D eigenvalue weighted by Crippen LogP contribution is 2.49. The summed E-state index contributed by atoms with van der Waals surface area (Å²) in [5, 5.41) is 3.85. The Kier molecular flexibility index (Phi) is 3.91. The van der Waals surface area contributed by atoms with Crippen molar-refractivity contribution in [2.75, 3.05) is 11.1 Å². The molecule has 0 bridgehead atoms. The maximum Gasteiger partial charge on any atom is 0.225 e. The third-order valence-corrected chi connectivity index (χ3v) is 4.27. The Morgan fingerprint density at radius 3 is 2.71 bits per heavy atom. The van der Waals surface area contributed by atoms with E-state index in [0.717, 1.165) is 18.6 Å². The second-order valence-corrected chi connectivity index (χ2v) is 5.67. The summed E-state index contributed by atoms with van der Waals surface area (Å²) in [6.45, 7) is 0. The zero-order valence-corrected chi connectivity index (χ0v) is 11.6. The van der Waals surface area contributed by atoms with Gasteiger partial charge in [0.1, 0.15) is 0 Å². The molecule has 1 saturated carbocycles. The highest BCUT2D eigenvalue weighted by molar-refractivity contribution is 7.80. The number of halogens is 2. The number of rotatable bonds is 4. The van der Waals surface area contributed by atoms with Crippen LogP contribution < -0.4 is 5.32 Å². The molecular weight excluding hydrogens is 277 g/mol. The van der Waals surface area contributed by atoms with Crippen molar-refractivity contribution in [3.05, 3.63) is 28.2 Å². The molecule has 0 aliphatic heterocycles. The number of benzene rings is 1. The van der Waals surface area contributed by atoms with Gasteiger partial charge in [0, 0.05) is 11.4 Å². The topological polar surface area (TPSA) is 29.1 Å². The molecule has 0 radical (unpaired) electrons. The Labute approximate surface area is 116 Å². The highest BCUT2D eigenvalue weighted by Gasteiger charge is 2.42. The summed E-state index contributed by atoms with van der Waals surface area (Å²) < 4.78 is 0. The molecule has 1 aliphatic rings. The summed E-state index contributed by atoms with van der Waals surface area (Å²) in [4.78, 5) is 11.8. The summed E-state index contributed by atoms with van der Waals surface area (Å²) in [5.41, 5.74) is 0.678. The summed E-state index contributed by atoms with van der Waals surface area (Å²) >= 11 is 16.1. The van der Waals surface area contributed by atoms with E-state index in [-0.39, 0.29) is 11.3 Å². The molecule has 2 nitrogen and oxygen atoms in total. The van der Waals surface area contributed by atoms with Crippen molar-refractivity contribution in [3.8, 4) is 0 Å². The van der Waals surface area contributed by atoms with Crippen LogP contribution in [0.25, 0.3) is 0 Å². The third kappa shape index (κ3) is 3.30. The lowest BCUT2D eigenvalue weighted by atomic mass is 10.1. The van der Waals surface area contributed by atoms with Crippen LogP contribution in [0.3, 0.4) is 0 Å². The van der Waals surface area contributed by atoms with Gasteiger partial charge in [-0.15, -0.1) is 0 Å². The Bertz CT molecular complexity index is 446. The van der Waals surface area contributed by atoms with Crippen molar-refractivity contribution in [1.29, 1.82) is 0 Å². The van der Waals surface area contributed by atoms with Gasteiger partial charge in [0.15, 0.2) is 0 Å². The molecule has 2 rings (SSSR count). The summed E-state index contributed by atoms with van der Waals surface area (Å²) in [6, 6.07) is 5.02. The van der Waals surface area contributed by atoms with E-state index in [4.69, 9.17) is 23.2 Å². The first kappa shape index (κ1) is 13.1. The molecule has 1 N–H and O–H groups in total. The average molecular weight is 290 g/mol. The minimum absolute atomic E-state index is 0.0271. The van der Waals surface area contributed by atoms with Gasteiger partial charge in [-0.2, -0.15) is 12.6 Å². The van der Waals surface area contributed by atoms with Crippen LogP contribution in [0.15, 0.2) is 18.2 Å². The number of carbonyl (C=O) groups is 1. The van der Waals surface area contributed by atoms with Crippen LogP contribution in [-0.2, 0) is 4.79 Å². The average Bonchev–Trinajstić information content (AvgIpc) is 3.04. The van der Waals surface area contributed by atoms with Crippen LogP contribution >= 0.6 is 35.8 Å². The van der Waals surface area contributed by atoms with E-state index in [0.29, 0.717) is 22.2 Å². The van der Waals surface area contributed by atoms with Crippen LogP contribution in [-0.4, -0.2) is 11.7 Å². The number of nitrogens with one attached hydrogen (secondary N) is 1. The monoisotopic (exact) mass is 289 g/mol. The number of amides is 1. The Morgan fingerprint density at radius 2 is 2.12 bits per heavy atom. The maximum absolute atomic E-state index is 11.8. The van der Waals surface area contributed by atoms with Gasteiger partial charge in [-0.3, -0.25) is 4.79 Å². The van der Waals surface area contributed by atoms with E-state index < -0.39 is 0 Å². The smallest absolute Gasteiger partial charge is 0.225 e. The Balaban J connectivity index is 2.00. The molecular formula is C12H13Cl2NOS. The molecule has 1 fully saturated rings. The van der Waals surface area contributed by atoms with Gasteiger partial charge in [-0.1, -0.05) is 23.2 Å². The van der Waals surface area contributed by atoms with Crippen LogP contribution in [0, 0.1) is 5.41 Å². The van der Waals surface area contributed by atoms with Crippen molar-refractivity contribution < 1.29 is 4.79 Å². The van der Waals surface area contributed by atoms with Crippen LogP contribution in [0.4, 0.5) is 5.69 Å². The van der Waals surface area contributed by atoms with E-state index in [1.54, 1.807) is 18.2 Å². The third-order valence-electron chi connectivity index (χ3n) is 3.03. The molecule has 1 amide bonds. The molecule has 0 heterocycles. The normalized spacial score (nSPS) is 16.6. The van der Waals surface area contributed by atoms with E-state index in [2.05, 4.69) is 17.9 Å². The molecule has 0 spiro atoms. The fourth-order valence-electron chi connectivity index (χ4n) is 1.70. The number of hydrogen-bond acceptors (Lipinski definition) is 2. The van der Waals surface area contributed by atoms with E-state index >= 15 is 0 Å². The minimum Gasteiger partial charge on any atom is -0.325 e. The van der Waals surface area contributed by atoms with Gasteiger partial charge in [-0.25, -0.2) is 0 Å². The summed E-state index contributed by atoms with van der Waals surface area (Å²) in [5.74, 6) is 0.727. The summed E-state index contributed by atoms with van der Waals surface area (Å²) in [7, 11) is 0. The highest BCUT2D eigenvalue weighted by atomic mass is 35.5. The first-order valence-electron chi connectivity index (χ1n) is 5.40. The first-order valence-corrected chi connectivity index (χ1v) is 6.79. The van der Waals surface area contributed by atoms with Crippen molar-refractivity contribution in [3.63, 3.8) is 0 Å². The molecule has 92 valence electrons.